The fraction of sp³-hybridized carbons (Fsp3) is 1.00. The third kappa shape index (κ3) is 46.0. The summed E-state index contributed by atoms with van der Waals surface area (Å²) in [5, 5.41) is 0. The Balaban J connectivity index is 0. The molecule has 6 rings (SSSR count). The second kappa shape index (κ2) is 47.9. The molecule has 0 heterocycles. The molecule has 460 valence electrons. The van der Waals surface area contributed by atoms with Gasteiger partial charge in [-0.3, -0.25) is 0 Å². The van der Waals surface area contributed by atoms with Gasteiger partial charge in [0.2, 0.25) is 0 Å². The molecular formula is C60H124O16. The van der Waals surface area contributed by atoms with E-state index in [1.807, 2.05) is 96.9 Å². The summed E-state index contributed by atoms with van der Waals surface area (Å²) in [5.74, 6) is 3.63. The Morgan fingerprint density at radius 2 is 0.816 bits per heavy atom. The lowest BCUT2D eigenvalue weighted by Crippen LogP contribution is -2.26. The van der Waals surface area contributed by atoms with Crippen LogP contribution >= 0.6 is 0 Å². The number of fused-ring (bicyclic) bond motifs is 4. The molecule has 0 saturated heterocycles. The smallest absolute Gasteiger partial charge is 0.155 e. The summed E-state index contributed by atoms with van der Waals surface area (Å²) in [6.45, 7) is 29.3. The summed E-state index contributed by atoms with van der Waals surface area (Å²) < 4.78 is 81.9. The quantitative estimate of drug-likeness (QED) is 0.0946. The molecule has 0 N–H and O–H groups in total. The molecule has 6 aliphatic rings. The zero-order chi connectivity index (χ0) is 58.0. The van der Waals surface area contributed by atoms with Gasteiger partial charge in [0.1, 0.15) is 27.2 Å². The van der Waals surface area contributed by atoms with E-state index in [2.05, 4.69) is 4.74 Å². The van der Waals surface area contributed by atoms with Crippen LogP contribution in [0.25, 0.3) is 0 Å². The molecule has 0 aromatic rings. The van der Waals surface area contributed by atoms with Gasteiger partial charge in [0.25, 0.3) is 0 Å². The normalized spacial score (nSPS) is 24.5. The fourth-order valence-corrected chi connectivity index (χ4v) is 9.55. The van der Waals surface area contributed by atoms with Gasteiger partial charge in [0.05, 0.1) is 47.8 Å². The third-order valence-corrected chi connectivity index (χ3v) is 13.5. The first-order valence-corrected chi connectivity index (χ1v) is 29.1. The van der Waals surface area contributed by atoms with E-state index < -0.39 is 0 Å². The molecule has 10 unspecified atom stereocenters. The maximum absolute atomic E-state index is 5.77. The van der Waals surface area contributed by atoms with E-state index in [1.54, 1.807) is 56.9 Å². The molecule has 6 aliphatic carbocycles. The van der Waals surface area contributed by atoms with Crippen LogP contribution in [0.4, 0.5) is 0 Å². The molecule has 0 spiro atoms. The van der Waals surface area contributed by atoms with E-state index in [1.165, 1.54) is 116 Å². The van der Waals surface area contributed by atoms with E-state index in [9.17, 15) is 0 Å². The van der Waals surface area contributed by atoms with Crippen LogP contribution in [0.5, 0.6) is 0 Å². The second-order valence-electron chi connectivity index (χ2n) is 23.3. The highest BCUT2D eigenvalue weighted by molar-refractivity contribution is 4.91. The van der Waals surface area contributed by atoms with Crippen molar-refractivity contribution in [1.29, 1.82) is 0 Å². The molecule has 0 radical (unpaired) electrons. The van der Waals surface area contributed by atoms with Crippen LogP contribution in [0.15, 0.2) is 0 Å². The zero-order valence-corrected chi connectivity index (χ0v) is 53.2. The van der Waals surface area contributed by atoms with Gasteiger partial charge in [-0.1, -0.05) is 38.5 Å². The molecule has 0 aromatic carbocycles. The average Bonchev–Trinajstić information content (AvgIpc) is 4.22. The number of hydrogen-bond acceptors (Lipinski definition) is 16. The van der Waals surface area contributed by atoms with E-state index in [0.29, 0.717) is 51.6 Å². The van der Waals surface area contributed by atoms with E-state index in [4.69, 9.17) is 71.1 Å². The highest BCUT2D eigenvalue weighted by Gasteiger charge is 2.41. The minimum atomic E-state index is -0.106. The Morgan fingerprint density at radius 3 is 1.13 bits per heavy atom. The molecule has 16 nitrogen and oxygen atoms in total. The minimum Gasteiger partial charge on any atom is -0.359 e. The van der Waals surface area contributed by atoms with Gasteiger partial charge in [-0.25, -0.2) is 0 Å². The first-order chi connectivity index (χ1) is 35.9. The van der Waals surface area contributed by atoms with Gasteiger partial charge in [-0.15, -0.1) is 0 Å². The predicted octanol–water partition coefficient (Wildman–Crippen LogP) is 13.9. The summed E-state index contributed by atoms with van der Waals surface area (Å²) >= 11 is 0. The molecule has 6 fully saturated rings. The molecule has 4 bridgehead atoms. The maximum Gasteiger partial charge on any atom is 0.155 e. The van der Waals surface area contributed by atoms with Crippen molar-refractivity contribution in [1.82, 2.24) is 0 Å². The lowest BCUT2D eigenvalue weighted by molar-refractivity contribution is -0.171. The van der Waals surface area contributed by atoms with Crippen LogP contribution in [-0.4, -0.2) is 157 Å². The van der Waals surface area contributed by atoms with E-state index in [0.717, 1.165) is 23.7 Å². The van der Waals surface area contributed by atoms with Gasteiger partial charge in [0, 0.05) is 56.9 Å². The highest BCUT2D eigenvalue weighted by atomic mass is 16.7. The molecule has 6 saturated carbocycles. The average molecular weight is 1100 g/mol. The Labute approximate surface area is 467 Å². The van der Waals surface area contributed by atoms with Crippen LogP contribution in [0, 0.1) is 23.7 Å². The fourth-order valence-electron chi connectivity index (χ4n) is 9.55. The van der Waals surface area contributed by atoms with Crippen molar-refractivity contribution < 1.29 is 75.8 Å². The van der Waals surface area contributed by atoms with Crippen LogP contribution < -0.4 is 0 Å². The van der Waals surface area contributed by atoms with Crippen molar-refractivity contribution in [3.8, 4) is 0 Å². The van der Waals surface area contributed by atoms with Gasteiger partial charge in [0.15, 0.2) is 25.2 Å². The first kappa shape index (κ1) is 77.4. The summed E-state index contributed by atoms with van der Waals surface area (Å²) in [7, 11) is 13.2. The summed E-state index contributed by atoms with van der Waals surface area (Å²) in [6, 6.07) is 0. The van der Waals surface area contributed by atoms with E-state index >= 15 is 0 Å². The topological polar surface area (TPSA) is 148 Å². The SMILES string of the molecule is COC(C)OC(C)(C)C.COC(C)OC(C)C.COC(C)OC1CC2CCC1C2.COC(C)OC1CCCCC1.COCOC(C)(C)C.COCOC(C)C.COCOC1CC2CCC1C2.COCOC1CCCCC1. The second-order valence-corrected chi connectivity index (χ2v) is 23.3. The van der Waals surface area contributed by atoms with Crippen molar-refractivity contribution >= 4 is 0 Å². The maximum atomic E-state index is 5.77. The van der Waals surface area contributed by atoms with Crippen LogP contribution in [0.2, 0.25) is 0 Å². The van der Waals surface area contributed by atoms with Crippen molar-refractivity contribution in [2.24, 2.45) is 23.7 Å². The lowest BCUT2D eigenvalue weighted by Gasteiger charge is -2.24. The van der Waals surface area contributed by atoms with Gasteiger partial charge >= 0.3 is 0 Å². The first-order valence-electron chi connectivity index (χ1n) is 29.1. The van der Waals surface area contributed by atoms with Crippen LogP contribution in [0.3, 0.4) is 0 Å². The zero-order valence-electron chi connectivity index (χ0n) is 53.2. The van der Waals surface area contributed by atoms with Crippen molar-refractivity contribution in [3.05, 3.63) is 0 Å². The Bertz CT molecular complexity index is 1220. The van der Waals surface area contributed by atoms with Crippen molar-refractivity contribution in [2.45, 2.75) is 285 Å². The molecule has 76 heavy (non-hydrogen) atoms. The lowest BCUT2D eigenvalue weighted by atomic mass is 9.98. The Morgan fingerprint density at radius 1 is 0.382 bits per heavy atom. The molecule has 0 amide bonds. The number of ether oxygens (including phenoxy) is 16. The highest BCUT2D eigenvalue weighted by Crippen LogP contribution is 2.47. The summed E-state index contributed by atoms with van der Waals surface area (Å²) in [5.41, 5.74) is -0.175. The molecule has 0 aromatic heterocycles. The standard InChI is InChI=1S/C10H18O2.C9H16O2.C9H18O2.C8H16O2.C7H16O2.2C6H14O2.C5H12O2/c1-7(11-2)12-10-6-8-3-4-9(10)5-8;1-10-6-11-9-5-7-2-3-8(9)4-7;1-8(10-2)11-9-6-4-3-5-7-9;1-9-7-10-8-5-3-2-4-6-8;1-6(8-5)9-7(2,3)4;1-6(2,3)8-5-7-4;1-5(2)8-6(3)7-4;1-5(2)7-4-6-3/h7-10H,3-6H2,1-2H3;7-9H,2-6H2,1H3;8-9H,3-7H2,1-2H3;8H,2-7H2,1H3;6H,1-5H3;5H2,1-4H3;5-6H,1-4H3;5H,4H2,1-3H3. The van der Waals surface area contributed by atoms with Gasteiger partial charge in [-0.2, -0.15) is 0 Å². The van der Waals surface area contributed by atoms with E-state index in [-0.39, 0.29) is 48.6 Å². The number of methoxy groups -OCH3 is 8. The van der Waals surface area contributed by atoms with Gasteiger partial charge in [-0.05, 0) is 198 Å². The largest absolute Gasteiger partial charge is 0.359 e. The summed E-state index contributed by atoms with van der Waals surface area (Å²) in [6.07, 6.45) is 26.2. The van der Waals surface area contributed by atoms with Crippen LogP contribution in [-0.2, 0) is 75.8 Å². The molecule has 10 atom stereocenters. The van der Waals surface area contributed by atoms with Crippen molar-refractivity contribution in [3.63, 3.8) is 0 Å². The number of rotatable bonds is 22. The monoisotopic (exact) mass is 1100 g/mol. The molecule has 16 heteroatoms. The van der Waals surface area contributed by atoms with Crippen LogP contribution in [0.1, 0.15) is 213 Å². The number of hydrogen-bond donors (Lipinski definition) is 0. The molecular weight excluding hydrogens is 977 g/mol. The third-order valence-electron chi connectivity index (χ3n) is 13.5. The molecule has 0 aliphatic heterocycles. The van der Waals surface area contributed by atoms with Crippen molar-refractivity contribution in [2.75, 3.05) is 84.1 Å². The Hall–Kier alpha value is -0.640. The van der Waals surface area contributed by atoms with Gasteiger partial charge < -0.3 is 75.8 Å². The summed E-state index contributed by atoms with van der Waals surface area (Å²) in [4.78, 5) is 0. The predicted molar refractivity (Wildman–Crippen MR) is 304 cm³/mol. The Kier molecular flexibility index (Phi) is 48.8. The minimum absolute atomic E-state index is 0.0191.